The quantitative estimate of drug-likeness (QED) is 0.240. The van der Waals surface area contributed by atoms with Crippen LogP contribution in [0.2, 0.25) is 0 Å². The number of pyridine rings is 1. The van der Waals surface area contributed by atoms with Gasteiger partial charge in [-0.25, -0.2) is 8.42 Å². The molecule has 1 aromatic heterocycles. The molecule has 3 aromatic carbocycles. The molecule has 0 saturated carbocycles. The summed E-state index contributed by atoms with van der Waals surface area (Å²) in [7, 11) is -4.33. The van der Waals surface area contributed by atoms with Crippen molar-refractivity contribution in [3.8, 4) is 11.8 Å². The number of likely N-dealkylation sites (tertiary alicyclic amines) is 1. The summed E-state index contributed by atoms with van der Waals surface area (Å²) in [5.74, 6) is -0.423. The molecular formula is C34H35N5O5S. The minimum atomic E-state index is -4.33. The number of hydrogen-bond acceptors (Lipinski definition) is 7. The van der Waals surface area contributed by atoms with Crippen molar-refractivity contribution in [2.24, 2.45) is 0 Å². The van der Waals surface area contributed by atoms with Crippen molar-refractivity contribution in [1.82, 2.24) is 15.2 Å². The third kappa shape index (κ3) is 7.77. The van der Waals surface area contributed by atoms with Gasteiger partial charge in [0.1, 0.15) is 11.8 Å². The Hall–Kier alpha value is -4.95. The zero-order valence-corrected chi connectivity index (χ0v) is 25.8. The molecule has 2 N–H and O–H groups in total. The molecule has 2 heterocycles. The Morgan fingerprint density at radius 1 is 0.978 bits per heavy atom. The van der Waals surface area contributed by atoms with E-state index in [1.807, 2.05) is 13.0 Å². The maximum absolute atomic E-state index is 14.1. The highest BCUT2D eigenvalue weighted by molar-refractivity contribution is 7.94. The van der Waals surface area contributed by atoms with Crippen LogP contribution in [0.15, 0.2) is 85.2 Å². The van der Waals surface area contributed by atoms with E-state index >= 15 is 0 Å². The number of nitrogens with one attached hydrogen (secondary N) is 2. The van der Waals surface area contributed by atoms with Crippen molar-refractivity contribution in [2.45, 2.75) is 43.9 Å². The number of benzene rings is 3. The maximum Gasteiger partial charge on any atom is 0.245 e. The normalized spacial score (nSPS) is 14.4. The number of carbonyl (C=O) groups is 2. The highest BCUT2D eigenvalue weighted by atomic mass is 32.2. The first-order valence-corrected chi connectivity index (χ1v) is 16.5. The minimum absolute atomic E-state index is 0.138. The summed E-state index contributed by atoms with van der Waals surface area (Å²) in [4.78, 5) is 33.5. The van der Waals surface area contributed by atoms with E-state index in [1.165, 1.54) is 0 Å². The van der Waals surface area contributed by atoms with E-state index in [0.29, 0.717) is 47.6 Å². The van der Waals surface area contributed by atoms with Gasteiger partial charge in [0.15, 0.2) is 5.25 Å². The third-order valence-corrected chi connectivity index (χ3v) is 9.44. The van der Waals surface area contributed by atoms with Gasteiger partial charge >= 0.3 is 0 Å². The van der Waals surface area contributed by atoms with Gasteiger partial charge in [-0.2, -0.15) is 5.26 Å². The predicted octanol–water partition coefficient (Wildman–Crippen LogP) is 4.21. The second-order valence-corrected chi connectivity index (χ2v) is 12.8. The van der Waals surface area contributed by atoms with Crippen LogP contribution in [0.3, 0.4) is 0 Å². The lowest BCUT2D eigenvalue weighted by Gasteiger charge is -2.26. The number of ether oxygens (including phenoxy) is 1. The first-order valence-electron chi connectivity index (χ1n) is 14.9. The van der Waals surface area contributed by atoms with Crippen LogP contribution in [0, 0.1) is 11.3 Å². The van der Waals surface area contributed by atoms with Crippen molar-refractivity contribution >= 4 is 38.3 Å². The summed E-state index contributed by atoms with van der Waals surface area (Å²) < 4.78 is 36.3. The summed E-state index contributed by atoms with van der Waals surface area (Å²) in [6.07, 6.45) is 4.94. The van der Waals surface area contributed by atoms with Gasteiger partial charge in [0.05, 0.1) is 23.9 Å². The molecule has 5 rings (SSSR count). The molecule has 2 unspecified atom stereocenters. The minimum Gasteiger partial charge on any atom is -0.494 e. The number of carbonyl (C=O) groups excluding carboxylic acids is 2. The third-order valence-electron chi connectivity index (χ3n) is 7.81. The summed E-state index contributed by atoms with van der Waals surface area (Å²) in [6, 6.07) is 21.7. The monoisotopic (exact) mass is 625 g/mol. The Morgan fingerprint density at radius 2 is 1.67 bits per heavy atom. The predicted molar refractivity (Wildman–Crippen MR) is 172 cm³/mol. The van der Waals surface area contributed by atoms with Crippen LogP contribution < -0.4 is 14.8 Å². The number of aromatic nitrogens is 1. The van der Waals surface area contributed by atoms with E-state index in [9.17, 15) is 23.3 Å². The van der Waals surface area contributed by atoms with Crippen molar-refractivity contribution in [3.05, 3.63) is 102 Å². The Bertz CT molecular complexity index is 1790. The van der Waals surface area contributed by atoms with Crippen LogP contribution >= 0.6 is 0 Å². The first-order chi connectivity index (χ1) is 21.8. The molecule has 0 radical (unpaired) electrons. The average Bonchev–Trinajstić information content (AvgIpc) is 3.59. The van der Waals surface area contributed by atoms with Crippen LogP contribution in [-0.4, -0.2) is 61.1 Å². The van der Waals surface area contributed by atoms with Crippen molar-refractivity contribution in [2.75, 3.05) is 24.4 Å². The smallest absolute Gasteiger partial charge is 0.245 e. The Balaban J connectivity index is 1.46. The van der Waals surface area contributed by atoms with Crippen molar-refractivity contribution in [1.29, 1.82) is 5.26 Å². The van der Waals surface area contributed by atoms with Gasteiger partial charge in [-0.15, -0.1) is 0 Å². The molecule has 0 aliphatic carbocycles. The summed E-state index contributed by atoms with van der Waals surface area (Å²) in [6.45, 7) is 3.50. The van der Waals surface area contributed by atoms with Gasteiger partial charge in [-0.3, -0.25) is 19.3 Å². The topological polar surface area (TPSA) is 141 Å². The number of hydrogen-bond donors (Lipinski definition) is 2. The van der Waals surface area contributed by atoms with Crippen LogP contribution in [0.25, 0.3) is 10.8 Å². The lowest BCUT2D eigenvalue weighted by Crippen LogP contribution is -2.53. The number of sulfonamides is 1. The SMILES string of the molecule is CCOc1ccc(CC(C(=O)NC(Cc2ccc(C#N)cc2)C(=O)N2CCCC2)S(=O)(=O)Nc2cccc3cnccc23)cc1. The fourth-order valence-corrected chi connectivity index (χ4v) is 6.84. The van der Waals surface area contributed by atoms with Crippen LogP contribution in [0.5, 0.6) is 5.75 Å². The van der Waals surface area contributed by atoms with Crippen LogP contribution in [0.1, 0.15) is 36.5 Å². The largest absolute Gasteiger partial charge is 0.494 e. The summed E-state index contributed by atoms with van der Waals surface area (Å²) in [5, 5.41) is 11.8. The Labute approximate surface area is 263 Å². The number of amides is 2. The molecule has 11 heteroatoms. The lowest BCUT2D eigenvalue weighted by atomic mass is 10.0. The van der Waals surface area contributed by atoms with Gasteiger partial charge in [0.2, 0.25) is 21.8 Å². The second kappa shape index (κ2) is 14.2. The van der Waals surface area contributed by atoms with Crippen LogP contribution in [0.4, 0.5) is 5.69 Å². The lowest BCUT2D eigenvalue weighted by molar-refractivity contribution is -0.135. The van der Waals surface area contributed by atoms with E-state index in [4.69, 9.17) is 4.74 Å². The number of rotatable bonds is 12. The van der Waals surface area contributed by atoms with Gasteiger partial charge in [-0.05, 0) is 73.7 Å². The highest BCUT2D eigenvalue weighted by Crippen LogP contribution is 2.25. The fourth-order valence-electron chi connectivity index (χ4n) is 5.46. The number of nitriles is 1. The molecule has 1 fully saturated rings. The van der Waals surface area contributed by atoms with E-state index in [1.54, 1.807) is 84.0 Å². The molecule has 2 atom stereocenters. The molecule has 0 bridgehead atoms. The standard InChI is InChI=1S/C34H35N5O5S/c1-2-44-28-14-12-25(13-15-28)21-32(45(42,43)38-30-7-5-6-27-23-36-17-16-29(27)30)33(40)37-31(34(41)39-18-3-4-19-39)20-24-8-10-26(22-35)11-9-24/h5-17,23,31-32,38H,2-4,18-21H2,1H3,(H,37,40). The summed E-state index contributed by atoms with van der Waals surface area (Å²) >= 11 is 0. The highest BCUT2D eigenvalue weighted by Gasteiger charge is 2.37. The fraction of sp³-hybridized carbons (Fsp3) is 0.294. The number of fused-ring (bicyclic) bond motifs is 1. The van der Waals surface area contributed by atoms with E-state index in [-0.39, 0.29) is 18.7 Å². The molecule has 1 aliphatic heterocycles. The zero-order chi connectivity index (χ0) is 31.8. The average molecular weight is 626 g/mol. The summed E-state index contributed by atoms with van der Waals surface area (Å²) in [5.41, 5.74) is 2.14. The van der Waals surface area contributed by atoms with Gasteiger partial charge in [0.25, 0.3) is 0 Å². The maximum atomic E-state index is 14.1. The van der Waals surface area contributed by atoms with Crippen LogP contribution in [-0.2, 0) is 32.5 Å². The Kier molecular flexibility index (Phi) is 9.95. The molecule has 45 heavy (non-hydrogen) atoms. The molecule has 10 nitrogen and oxygen atoms in total. The number of anilines is 1. The van der Waals surface area contributed by atoms with E-state index < -0.39 is 27.2 Å². The molecule has 232 valence electrons. The second-order valence-electron chi connectivity index (χ2n) is 10.9. The molecule has 2 amide bonds. The van der Waals surface area contributed by atoms with E-state index in [2.05, 4.69) is 21.1 Å². The zero-order valence-electron chi connectivity index (χ0n) is 25.0. The van der Waals surface area contributed by atoms with E-state index in [0.717, 1.165) is 23.8 Å². The number of nitrogens with zero attached hydrogens (tertiary/aromatic N) is 3. The molecule has 0 spiro atoms. The van der Waals surface area contributed by atoms with Gasteiger partial charge in [-0.1, -0.05) is 36.4 Å². The molecule has 1 aliphatic rings. The molecule has 4 aromatic rings. The molecular weight excluding hydrogens is 590 g/mol. The van der Waals surface area contributed by atoms with Crippen molar-refractivity contribution < 1.29 is 22.7 Å². The van der Waals surface area contributed by atoms with Gasteiger partial charge in [0, 0.05) is 42.7 Å². The van der Waals surface area contributed by atoms with Crippen molar-refractivity contribution in [3.63, 3.8) is 0 Å². The first kappa shape index (κ1) is 31.5. The van der Waals surface area contributed by atoms with Gasteiger partial charge < -0.3 is 15.0 Å². The Morgan fingerprint density at radius 3 is 2.36 bits per heavy atom. The molecule has 1 saturated heterocycles.